The summed E-state index contributed by atoms with van der Waals surface area (Å²) in [6.45, 7) is 2.23. The molecule has 0 radical (unpaired) electrons. The van der Waals surface area contributed by atoms with E-state index in [9.17, 15) is 0 Å². The zero-order valence-corrected chi connectivity index (χ0v) is 9.40. The van der Waals surface area contributed by atoms with E-state index >= 15 is 0 Å². The smallest absolute Gasteiger partial charge is 0.0406 e. The molecule has 0 saturated carbocycles. The van der Waals surface area contributed by atoms with E-state index in [4.69, 9.17) is 11.6 Å². The summed E-state index contributed by atoms with van der Waals surface area (Å²) in [5.74, 6) is 0.686. The third-order valence-corrected chi connectivity index (χ3v) is 3.12. The Kier molecular flexibility index (Phi) is 4.10. The van der Waals surface area contributed by atoms with Crippen LogP contribution >= 0.6 is 27.5 Å². The van der Waals surface area contributed by atoms with Crippen molar-refractivity contribution in [2.45, 2.75) is 13.3 Å². The van der Waals surface area contributed by atoms with E-state index in [0.717, 1.165) is 16.8 Å². The zero-order valence-electron chi connectivity index (χ0n) is 7.06. The van der Waals surface area contributed by atoms with Crippen LogP contribution in [0.5, 0.6) is 0 Å². The van der Waals surface area contributed by atoms with Gasteiger partial charge in [0.05, 0.1) is 0 Å². The maximum Gasteiger partial charge on any atom is 0.0406 e. The summed E-state index contributed by atoms with van der Waals surface area (Å²) in [6, 6.07) is 8.05. The van der Waals surface area contributed by atoms with Crippen molar-refractivity contribution in [1.82, 2.24) is 0 Å². The van der Waals surface area contributed by atoms with Crippen molar-refractivity contribution in [1.29, 1.82) is 0 Å². The Hall–Kier alpha value is -0.0100. The van der Waals surface area contributed by atoms with E-state index in [0.29, 0.717) is 5.92 Å². The fourth-order valence-electron chi connectivity index (χ4n) is 1.08. The van der Waals surface area contributed by atoms with Crippen molar-refractivity contribution < 1.29 is 0 Å². The molecule has 0 aromatic heterocycles. The Morgan fingerprint density at radius 3 is 2.42 bits per heavy atom. The highest BCUT2D eigenvalue weighted by molar-refractivity contribution is 9.09. The van der Waals surface area contributed by atoms with Gasteiger partial charge in [-0.15, -0.1) is 0 Å². The van der Waals surface area contributed by atoms with Gasteiger partial charge >= 0.3 is 0 Å². The van der Waals surface area contributed by atoms with E-state index in [2.05, 4.69) is 35.0 Å². The van der Waals surface area contributed by atoms with E-state index in [1.807, 2.05) is 12.1 Å². The molecule has 12 heavy (non-hydrogen) atoms. The molecule has 1 aromatic rings. The first-order valence-corrected chi connectivity index (χ1v) is 5.52. The number of halogens is 2. The molecular weight excluding hydrogens is 235 g/mol. The summed E-state index contributed by atoms with van der Waals surface area (Å²) in [7, 11) is 0. The fraction of sp³-hybridized carbons (Fsp3) is 0.400. The first-order chi connectivity index (χ1) is 5.72. The van der Waals surface area contributed by atoms with Crippen molar-refractivity contribution >= 4 is 27.5 Å². The zero-order chi connectivity index (χ0) is 8.97. The van der Waals surface area contributed by atoms with E-state index in [1.54, 1.807) is 0 Å². The predicted octanol–water partition coefficient (Wildman–Crippen LogP) is 3.91. The minimum Gasteiger partial charge on any atom is -0.0925 e. The summed E-state index contributed by atoms with van der Waals surface area (Å²) in [5, 5.41) is 1.86. The molecule has 0 spiro atoms. The van der Waals surface area contributed by atoms with Crippen LogP contribution in [0.3, 0.4) is 0 Å². The van der Waals surface area contributed by atoms with Gasteiger partial charge in [0.2, 0.25) is 0 Å². The molecule has 1 unspecified atom stereocenters. The number of rotatable bonds is 3. The Bertz CT molecular complexity index is 230. The molecule has 1 atom stereocenters. The maximum absolute atomic E-state index is 5.77. The van der Waals surface area contributed by atoms with Crippen LogP contribution in [-0.4, -0.2) is 5.33 Å². The number of hydrogen-bond acceptors (Lipinski definition) is 0. The minimum absolute atomic E-state index is 0.686. The molecule has 2 heteroatoms. The maximum atomic E-state index is 5.77. The Balaban J connectivity index is 2.58. The van der Waals surface area contributed by atoms with Crippen LogP contribution in [-0.2, 0) is 6.42 Å². The lowest BCUT2D eigenvalue weighted by molar-refractivity contribution is 0.663. The lowest BCUT2D eigenvalue weighted by Gasteiger charge is -2.06. The van der Waals surface area contributed by atoms with Gasteiger partial charge in [-0.2, -0.15) is 0 Å². The normalized spacial score (nSPS) is 12.9. The highest BCUT2D eigenvalue weighted by atomic mass is 79.9. The molecule has 1 rings (SSSR count). The summed E-state index contributed by atoms with van der Waals surface area (Å²) in [5.41, 5.74) is 1.35. The number of alkyl halides is 1. The second-order valence-electron chi connectivity index (χ2n) is 3.09. The monoisotopic (exact) mass is 246 g/mol. The lowest BCUT2D eigenvalue weighted by atomic mass is 10.0. The van der Waals surface area contributed by atoms with Crippen molar-refractivity contribution in [2.75, 3.05) is 5.33 Å². The fourth-order valence-corrected chi connectivity index (χ4v) is 1.43. The van der Waals surface area contributed by atoms with Crippen LogP contribution in [0, 0.1) is 5.92 Å². The molecule has 0 bridgehead atoms. The minimum atomic E-state index is 0.686. The van der Waals surface area contributed by atoms with E-state index in [-0.39, 0.29) is 0 Å². The van der Waals surface area contributed by atoms with Crippen LogP contribution in [0.25, 0.3) is 0 Å². The Labute approximate surface area is 87.1 Å². The van der Waals surface area contributed by atoms with Gasteiger partial charge in [0.1, 0.15) is 0 Å². The highest BCUT2D eigenvalue weighted by Crippen LogP contribution is 2.14. The van der Waals surface area contributed by atoms with Crippen LogP contribution in [0.15, 0.2) is 24.3 Å². The number of benzene rings is 1. The van der Waals surface area contributed by atoms with Gasteiger partial charge in [-0.25, -0.2) is 0 Å². The average Bonchev–Trinajstić information content (AvgIpc) is 2.09. The third kappa shape index (κ3) is 3.16. The molecule has 0 amide bonds. The van der Waals surface area contributed by atoms with Crippen molar-refractivity contribution in [3.63, 3.8) is 0 Å². The summed E-state index contributed by atoms with van der Waals surface area (Å²) >= 11 is 9.23. The van der Waals surface area contributed by atoms with Gasteiger partial charge in [-0.05, 0) is 30.0 Å². The number of hydrogen-bond donors (Lipinski definition) is 0. The Morgan fingerprint density at radius 2 is 1.92 bits per heavy atom. The van der Waals surface area contributed by atoms with Crippen molar-refractivity contribution in [3.8, 4) is 0 Å². The average molecular weight is 248 g/mol. The molecular formula is C10H12BrCl. The molecule has 0 heterocycles. The molecule has 0 N–H and O–H groups in total. The molecule has 0 fully saturated rings. The third-order valence-electron chi connectivity index (χ3n) is 1.76. The van der Waals surface area contributed by atoms with Crippen molar-refractivity contribution in [2.24, 2.45) is 5.92 Å². The summed E-state index contributed by atoms with van der Waals surface area (Å²) < 4.78 is 0. The largest absolute Gasteiger partial charge is 0.0925 e. The van der Waals surface area contributed by atoms with Crippen LogP contribution in [0.1, 0.15) is 12.5 Å². The standard InChI is InChI=1S/C10H12BrCl/c1-8(7-11)6-9-2-4-10(12)5-3-9/h2-5,8H,6-7H2,1H3. The van der Waals surface area contributed by atoms with Gasteiger partial charge in [0.15, 0.2) is 0 Å². The van der Waals surface area contributed by atoms with Crippen molar-refractivity contribution in [3.05, 3.63) is 34.9 Å². The molecule has 66 valence electrons. The molecule has 0 aliphatic carbocycles. The van der Waals surface area contributed by atoms with Crippen LogP contribution in [0.2, 0.25) is 5.02 Å². The second-order valence-corrected chi connectivity index (χ2v) is 4.17. The molecule has 1 aromatic carbocycles. The van der Waals surface area contributed by atoms with E-state index in [1.165, 1.54) is 5.56 Å². The van der Waals surface area contributed by atoms with Gasteiger partial charge < -0.3 is 0 Å². The quantitative estimate of drug-likeness (QED) is 0.711. The van der Waals surface area contributed by atoms with Gasteiger partial charge in [0, 0.05) is 10.4 Å². The second kappa shape index (κ2) is 4.88. The predicted molar refractivity (Wildman–Crippen MR) is 58.1 cm³/mol. The topological polar surface area (TPSA) is 0 Å². The van der Waals surface area contributed by atoms with Gasteiger partial charge in [-0.1, -0.05) is 46.6 Å². The lowest BCUT2D eigenvalue weighted by Crippen LogP contribution is -1.99. The van der Waals surface area contributed by atoms with Gasteiger partial charge in [-0.3, -0.25) is 0 Å². The highest BCUT2D eigenvalue weighted by Gasteiger charge is 2.00. The van der Waals surface area contributed by atoms with E-state index < -0.39 is 0 Å². The summed E-state index contributed by atoms with van der Waals surface area (Å²) in [6.07, 6.45) is 1.11. The van der Waals surface area contributed by atoms with Crippen LogP contribution in [0.4, 0.5) is 0 Å². The molecule has 0 aliphatic rings. The molecule has 0 aliphatic heterocycles. The first kappa shape index (κ1) is 10.1. The summed E-state index contributed by atoms with van der Waals surface area (Å²) in [4.78, 5) is 0. The SMILES string of the molecule is CC(CBr)Cc1ccc(Cl)cc1. The first-order valence-electron chi connectivity index (χ1n) is 4.03. The molecule has 0 saturated heterocycles. The van der Waals surface area contributed by atoms with Gasteiger partial charge in [0.25, 0.3) is 0 Å². The Morgan fingerprint density at radius 1 is 1.33 bits per heavy atom. The molecule has 0 nitrogen and oxygen atoms in total. The van der Waals surface area contributed by atoms with Crippen LogP contribution < -0.4 is 0 Å².